The van der Waals surface area contributed by atoms with E-state index in [0.717, 1.165) is 35.4 Å². The van der Waals surface area contributed by atoms with Gasteiger partial charge in [-0.2, -0.15) is 11.8 Å². The molecule has 1 fully saturated rings. The number of carbonyl (C=O) groups excluding carboxylic acids is 1. The molecule has 0 bridgehead atoms. The second kappa shape index (κ2) is 5.93. The fourth-order valence-electron chi connectivity index (χ4n) is 2.63. The second-order valence-corrected chi connectivity index (χ2v) is 6.37. The average molecular weight is 303 g/mol. The normalized spacial score (nSPS) is 16.0. The molecule has 2 aromatic rings. The number of amides is 1. The Labute approximate surface area is 127 Å². The van der Waals surface area contributed by atoms with Gasteiger partial charge in [-0.05, 0) is 30.6 Å². The first kappa shape index (κ1) is 14.2. The van der Waals surface area contributed by atoms with E-state index < -0.39 is 5.63 Å². The number of carbonyl (C=O) groups is 1. The third kappa shape index (κ3) is 2.70. The molecule has 0 unspecified atom stereocenters. The van der Waals surface area contributed by atoms with Crippen LogP contribution in [0.15, 0.2) is 33.5 Å². The fourth-order valence-corrected chi connectivity index (χ4v) is 3.52. The summed E-state index contributed by atoms with van der Waals surface area (Å²) in [5.41, 5.74) is 0.302. The summed E-state index contributed by atoms with van der Waals surface area (Å²) in [5, 5.41) is 1.32. The molecule has 110 valence electrons. The smallest absolute Gasteiger partial charge is 0.344 e. The maximum Gasteiger partial charge on any atom is 0.344 e. The number of fused-ring (bicyclic) bond motifs is 1. The lowest BCUT2D eigenvalue weighted by molar-refractivity contribution is 0.0731. The van der Waals surface area contributed by atoms with Gasteiger partial charge < -0.3 is 9.32 Å². The van der Waals surface area contributed by atoms with Gasteiger partial charge in [-0.3, -0.25) is 4.79 Å². The number of thioether (sulfide) groups is 1. The van der Waals surface area contributed by atoms with Gasteiger partial charge in [-0.15, -0.1) is 0 Å². The zero-order chi connectivity index (χ0) is 14.8. The minimum Gasteiger partial charge on any atom is -0.417 e. The monoisotopic (exact) mass is 303 g/mol. The topological polar surface area (TPSA) is 50.5 Å². The van der Waals surface area contributed by atoms with E-state index in [1.165, 1.54) is 0 Å². The van der Waals surface area contributed by atoms with E-state index in [9.17, 15) is 9.59 Å². The molecule has 1 saturated heterocycles. The Bertz CT molecular complexity index is 730. The van der Waals surface area contributed by atoms with E-state index in [4.69, 9.17) is 4.42 Å². The molecule has 1 aromatic heterocycles. The SMILES string of the molecule is Cc1c(C(=O)N2CCCSCC2)oc(=O)c2ccccc12. The summed E-state index contributed by atoms with van der Waals surface area (Å²) in [6.45, 7) is 3.27. The Hall–Kier alpha value is -1.75. The molecule has 21 heavy (non-hydrogen) atoms. The molecule has 0 aliphatic carbocycles. The summed E-state index contributed by atoms with van der Waals surface area (Å²) in [7, 11) is 0. The first-order chi connectivity index (χ1) is 10.2. The Morgan fingerprint density at radius 2 is 1.95 bits per heavy atom. The number of hydrogen-bond donors (Lipinski definition) is 0. The second-order valence-electron chi connectivity index (χ2n) is 5.15. The van der Waals surface area contributed by atoms with Crippen molar-refractivity contribution in [3.05, 3.63) is 46.0 Å². The van der Waals surface area contributed by atoms with E-state index in [2.05, 4.69) is 0 Å². The molecule has 1 aliphatic rings. The van der Waals surface area contributed by atoms with E-state index in [1.54, 1.807) is 17.0 Å². The zero-order valence-electron chi connectivity index (χ0n) is 11.9. The summed E-state index contributed by atoms with van der Waals surface area (Å²) < 4.78 is 5.32. The van der Waals surface area contributed by atoms with Gasteiger partial charge in [-0.1, -0.05) is 18.2 Å². The summed E-state index contributed by atoms with van der Waals surface area (Å²) in [6.07, 6.45) is 0.979. The van der Waals surface area contributed by atoms with Crippen LogP contribution < -0.4 is 5.63 Å². The third-order valence-electron chi connectivity index (χ3n) is 3.79. The predicted octanol–water partition coefficient (Wildman–Crippen LogP) is 2.68. The molecule has 2 heterocycles. The van der Waals surface area contributed by atoms with Gasteiger partial charge in [0.15, 0.2) is 5.76 Å². The lowest BCUT2D eigenvalue weighted by Gasteiger charge is -2.20. The van der Waals surface area contributed by atoms with Crippen LogP contribution >= 0.6 is 11.8 Å². The Morgan fingerprint density at radius 1 is 1.19 bits per heavy atom. The molecule has 5 heteroatoms. The number of rotatable bonds is 1. The maximum absolute atomic E-state index is 12.7. The van der Waals surface area contributed by atoms with Crippen LogP contribution in [0, 0.1) is 6.92 Å². The molecule has 0 saturated carbocycles. The molecule has 1 amide bonds. The minimum atomic E-state index is -0.441. The van der Waals surface area contributed by atoms with Crippen molar-refractivity contribution in [3.8, 4) is 0 Å². The first-order valence-electron chi connectivity index (χ1n) is 7.08. The van der Waals surface area contributed by atoms with Crippen molar-refractivity contribution in [1.82, 2.24) is 4.90 Å². The summed E-state index contributed by atoms with van der Waals surface area (Å²) in [5.74, 6) is 2.02. The van der Waals surface area contributed by atoms with Crippen molar-refractivity contribution in [1.29, 1.82) is 0 Å². The van der Waals surface area contributed by atoms with Crippen molar-refractivity contribution >= 4 is 28.4 Å². The molecule has 1 aliphatic heterocycles. The molecular weight excluding hydrogens is 286 g/mol. The highest BCUT2D eigenvalue weighted by Gasteiger charge is 2.23. The van der Waals surface area contributed by atoms with Crippen LogP contribution in [0.25, 0.3) is 10.8 Å². The first-order valence-corrected chi connectivity index (χ1v) is 8.23. The fraction of sp³-hybridized carbons (Fsp3) is 0.375. The van der Waals surface area contributed by atoms with Crippen molar-refractivity contribution in [2.75, 3.05) is 24.6 Å². The van der Waals surface area contributed by atoms with E-state index in [1.807, 2.05) is 30.8 Å². The highest BCUT2D eigenvalue weighted by Crippen LogP contribution is 2.21. The van der Waals surface area contributed by atoms with Gasteiger partial charge in [0.05, 0.1) is 5.39 Å². The summed E-state index contributed by atoms with van der Waals surface area (Å²) in [6, 6.07) is 7.25. The molecule has 3 rings (SSSR count). The van der Waals surface area contributed by atoms with Gasteiger partial charge in [0, 0.05) is 24.4 Å². The third-order valence-corrected chi connectivity index (χ3v) is 4.84. The minimum absolute atomic E-state index is 0.169. The Balaban J connectivity index is 2.05. The van der Waals surface area contributed by atoms with Crippen molar-refractivity contribution in [2.24, 2.45) is 0 Å². The van der Waals surface area contributed by atoms with Gasteiger partial charge in [0.2, 0.25) is 0 Å². The van der Waals surface area contributed by atoms with E-state index in [-0.39, 0.29) is 11.7 Å². The van der Waals surface area contributed by atoms with Crippen LogP contribution in [-0.2, 0) is 0 Å². The molecular formula is C16H17NO3S. The molecule has 0 atom stereocenters. The largest absolute Gasteiger partial charge is 0.417 e. The van der Waals surface area contributed by atoms with Crippen LogP contribution in [0.4, 0.5) is 0 Å². The standard InChI is InChI=1S/C16H17NO3S/c1-11-12-5-2-3-6-13(12)16(19)20-14(11)15(18)17-7-4-9-21-10-8-17/h2-3,5-6H,4,7-10H2,1H3. The van der Waals surface area contributed by atoms with Crippen molar-refractivity contribution < 1.29 is 9.21 Å². The maximum atomic E-state index is 12.7. The number of nitrogens with zero attached hydrogens (tertiary/aromatic N) is 1. The summed E-state index contributed by atoms with van der Waals surface area (Å²) in [4.78, 5) is 26.5. The van der Waals surface area contributed by atoms with E-state index >= 15 is 0 Å². The Morgan fingerprint density at radius 3 is 2.76 bits per heavy atom. The average Bonchev–Trinajstić information content (AvgIpc) is 2.79. The van der Waals surface area contributed by atoms with Crippen LogP contribution in [0.2, 0.25) is 0 Å². The number of hydrogen-bond acceptors (Lipinski definition) is 4. The van der Waals surface area contributed by atoms with Crippen LogP contribution in [-0.4, -0.2) is 35.4 Å². The zero-order valence-corrected chi connectivity index (χ0v) is 12.7. The quantitative estimate of drug-likeness (QED) is 0.813. The van der Waals surface area contributed by atoms with Crippen molar-refractivity contribution in [3.63, 3.8) is 0 Å². The summed E-state index contributed by atoms with van der Waals surface area (Å²) >= 11 is 1.86. The van der Waals surface area contributed by atoms with Gasteiger partial charge in [-0.25, -0.2) is 4.79 Å². The highest BCUT2D eigenvalue weighted by atomic mass is 32.2. The number of benzene rings is 1. The van der Waals surface area contributed by atoms with E-state index in [0.29, 0.717) is 11.9 Å². The molecule has 0 N–H and O–H groups in total. The van der Waals surface area contributed by atoms with Gasteiger partial charge in [0.1, 0.15) is 0 Å². The Kier molecular flexibility index (Phi) is 4.01. The molecule has 4 nitrogen and oxygen atoms in total. The van der Waals surface area contributed by atoms with Gasteiger partial charge in [0.25, 0.3) is 5.91 Å². The highest BCUT2D eigenvalue weighted by molar-refractivity contribution is 7.99. The van der Waals surface area contributed by atoms with Gasteiger partial charge >= 0.3 is 5.63 Å². The van der Waals surface area contributed by atoms with Crippen molar-refractivity contribution in [2.45, 2.75) is 13.3 Å². The molecule has 1 aromatic carbocycles. The lowest BCUT2D eigenvalue weighted by Crippen LogP contribution is -2.34. The lowest BCUT2D eigenvalue weighted by atomic mass is 10.1. The van der Waals surface area contributed by atoms with Crippen LogP contribution in [0.3, 0.4) is 0 Å². The predicted molar refractivity (Wildman–Crippen MR) is 85.1 cm³/mol. The van der Waals surface area contributed by atoms with Crippen LogP contribution in [0.1, 0.15) is 22.5 Å². The number of aryl methyl sites for hydroxylation is 1. The van der Waals surface area contributed by atoms with Crippen LogP contribution in [0.5, 0.6) is 0 Å². The molecule has 0 spiro atoms. The molecule has 0 radical (unpaired) electrons.